The molecule has 16 heavy (non-hydrogen) atoms. The SMILES string of the molecule is CC(O)(O)c1cccc(O)c1.O=S(=O)(O)O. The molecular weight excluding hydrogens is 240 g/mol. The largest absolute Gasteiger partial charge is 0.508 e. The van der Waals surface area contributed by atoms with Gasteiger partial charge in [-0.15, -0.1) is 0 Å². The number of phenolic OH excluding ortho intramolecular Hbond substituents is 1. The number of aromatic hydroxyl groups is 1. The van der Waals surface area contributed by atoms with E-state index in [1.807, 2.05) is 0 Å². The second-order valence-corrected chi connectivity index (χ2v) is 3.91. The predicted molar refractivity (Wildman–Crippen MR) is 54.1 cm³/mol. The van der Waals surface area contributed by atoms with E-state index in [9.17, 15) is 0 Å². The van der Waals surface area contributed by atoms with Gasteiger partial charge in [0, 0.05) is 5.56 Å². The zero-order chi connectivity index (χ0) is 13.0. The average Bonchev–Trinajstić information content (AvgIpc) is 1.99. The molecule has 8 heteroatoms. The molecular formula is C8H12O7S. The summed E-state index contributed by atoms with van der Waals surface area (Å²) in [6.45, 7) is 1.24. The molecule has 0 spiro atoms. The monoisotopic (exact) mass is 252 g/mol. The average molecular weight is 252 g/mol. The van der Waals surface area contributed by atoms with Gasteiger partial charge in [0.1, 0.15) is 5.75 Å². The van der Waals surface area contributed by atoms with Crippen molar-refractivity contribution in [2.45, 2.75) is 12.7 Å². The minimum Gasteiger partial charge on any atom is -0.508 e. The van der Waals surface area contributed by atoms with Crippen LogP contribution < -0.4 is 0 Å². The first-order chi connectivity index (χ1) is 7.00. The molecule has 0 aliphatic rings. The van der Waals surface area contributed by atoms with Gasteiger partial charge in [0.05, 0.1) is 0 Å². The van der Waals surface area contributed by atoms with Gasteiger partial charge in [-0.2, -0.15) is 8.42 Å². The third kappa shape index (κ3) is 8.15. The Hall–Kier alpha value is -1.19. The smallest absolute Gasteiger partial charge is 0.394 e. The van der Waals surface area contributed by atoms with Gasteiger partial charge in [-0.25, -0.2) is 0 Å². The molecule has 0 aliphatic heterocycles. The molecule has 92 valence electrons. The number of phenols is 1. The van der Waals surface area contributed by atoms with Gasteiger partial charge >= 0.3 is 10.4 Å². The summed E-state index contributed by atoms with van der Waals surface area (Å²) >= 11 is 0. The van der Waals surface area contributed by atoms with Crippen LogP contribution >= 0.6 is 0 Å². The molecule has 0 bridgehead atoms. The van der Waals surface area contributed by atoms with E-state index < -0.39 is 16.2 Å². The fourth-order valence-corrected chi connectivity index (χ4v) is 0.801. The molecule has 0 saturated heterocycles. The van der Waals surface area contributed by atoms with Gasteiger partial charge in [-0.3, -0.25) is 9.11 Å². The Morgan fingerprint density at radius 2 is 1.62 bits per heavy atom. The third-order valence-corrected chi connectivity index (χ3v) is 1.39. The molecule has 0 heterocycles. The van der Waals surface area contributed by atoms with E-state index >= 15 is 0 Å². The van der Waals surface area contributed by atoms with Gasteiger partial charge in [0.2, 0.25) is 0 Å². The van der Waals surface area contributed by atoms with Gasteiger partial charge in [0.15, 0.2) is 5.79 Å². The second-order valence-electron chi connectivity index (χ2n) is 3.02. The van der Waals surface area contributed by atoms with Crippen molar-refractivity contribution in [3.05, 3.63) is 29.8 Å². The molecule has 1 aromatic carbocycles. The first kappa shape index (κ1) is 14.8. The van der Waals surface area contributed by atoms with Crippen LogP contribution in [0.4, 0.5) is 0 Å². The normalized spacial score (nSPS) is 11.6. The molecule has 5 N–H and O–H groups in total. The maximum atomic E-state index is 9.06. The van der Waals surface area contributed by atoms with Gasteiger partial charge in [-0.05, 0) is 19.1 Å². The Morgan fingerprint density at radius 1 is 1.19 bits per heavy atom. The summed E-state index contributed by atoms with van der Waals surface area (Å²) in [4.78, 5) is 0. The van der Waals surface area contributed by atoms with Crippen LogP contribution in [0.5, 0.6) is 5.75 Å². The van der Waals surface area contributed by atoms with Crippen LogP contribution in [0.3, 0.4) is 0 Å². The first-order valence-corrected chi connectivity index (χ1v) is 5.34. The van der Waals surface area contributed by atoms with Crippen molar-refractivity contribution >= 4 is 10.4 Å². The maximum absolute atomic E-state index is 9.06. The lowest BCUT2D eigenvalue weighted by Crippen LogP contribution is -2.19. The zero-order valence-electron chi connectivity index (χ0n) is 8.27. The summed E-state index contributed by atoms with van der Waals surface area (Å²) in [6.07, 6.45) is 0. The van der Waals surface area contributed by atoms with Crippen LogP contribution in [0, 0.1) is 0 Å². The van der Waals surface area contributed by atoms with Crippen molar-refractivity contribution in [2.24, 2.45) is 0 Å². The molecule has 1 rings (SSSR count). The minimum atomic E-state index is -4.67. The van der Waals surface area contributed by atoms with Crippen molar-refractivity contribution in [3.63, 3.8) is 0 Å². The summed E-state index contributed by atoms with van der Waals surface area (Å²) in [7, 11) is -4.67. The quantitative estimate of drug-likeness (QED) is 0.347. The first-order valence-electron chi connectivity index (χ1n) is 3.94. The summed E-state index contributed by atoms with van der Waals surface area (Å²) in [5.41, 5.74) is 0.275. The minimum absolute atomic E-state index is 0.0248. The van der Waals surface area contributed by atoms with Crippen LogP contribution in [-0.2, 0) is 16.2 Å². The van der Waals surface area contributed by atoms with Crippen LogP contribution in [0.2, 0.25) is 0 Å². The van der Waals surface area contributed by atoms with Gasteiger partial charge in [0.25, 0.3) is 0 Å². The highest BCUT2D eigenvalue weighted by Crippen LogP contribution is 2.20. The third-order valence-electron chi connectivity index (χ3n) is 1.39. The summed E-state index contributed by atoms with van der Waals surface area (Å²) in [5.74, 6) is -1.85. The number of hydrogen-bond acceptors (Lipinski definition) is 5. The Morgan fingerprint density at radius 3 is 1.88 bits per heavy atom. The lowest BCUT2D eigenvalue weighted by atomic mass is 10.1. The van der Waals surface area contributed by atoms with E-state index in [0.29, 0.717) is 0 Å². The molecule has 0 fully saturated rings. The van der Waals surface area contributed by atoms with E-state index in [0.717, 1.165) is 0 Å². The molecule has 7 nitrogen and oxygen atoms in total. The fourth-order valence-electron chi connectivity index (χ4n) is 0.801. The molecule has 0 aromatic heterocycles. The molecule has 0 aliphatic carbocycles. The van der Waals surface area contributed by atoms with Crippen molar-refractivity contribution in [1.29, 1.82) is 0 Å². The van der Waals surface area contributed by atoms with Gasteiger partial charge in [-0.1, -0.05) is 12.1 Å². The Balaban J connectivity index is 0.000000385. The number of hydrogen-bond donors (Lipinski definition) is 5. The van der Waals surface area contributed by atoms with Crippen LogP contribution in [0.1, 0.15) is 12.5 Å². The van der Waals surface area contributed by atoms with E-state index in [1.54, 1.807) is 6.07 Å². The van der Waals surface area contributed by atoms with E-state index in [4.69, 9.17) is 32.8 Å². The van der Waals surface area contributed by atoms with Crippen LogP contribution in [-0.4, -0.2) is 32.8 Å². The molecule has 0 amide bonds. The molecule has 0 atom stereocenters. The van der Waals surface area contributed by atoms with Crippen molar-refractivity contribution in [2.75, 3.05) is 0 Å². The maximum Gasteiger partial charge on any atom is 0.394 e. The number of benzene rings is 1. The number of rotatable bonds is 1. The van der Waals surface area contributed by atoms with Crippen molar-refractivity contribution < 1.29 is 32.8 Å². The van der Waals surface area contributed by atoms with E-state index in [-0.39, 0.29) is 11.3 Å². The van der Waals surface area contributed by atoms with Crippen LogP contribution in [0.15, 0.2) is 24.3 Å². The summed E-state index contributed by atoms with van der Waals surface area (Å²) < 4.78 is 31.6. The molecule has 1 aromatic rings. The second kappa shape index (κ2) is 5.23. The standard InChI is InChI=1S/C8H10O3.H2O4S/c1-8(10,11)6-3-2-4-7(9)5-6;1-5(2,3)4/h2-5,9-11H,1H3;(H2,1,2,3,4). The zero-order valence-corrected chi connectivity index (χ0v) is 9.09. The Kier molecular flexibility index (Phi) is 4.84. The highest BCUT2D eigenvalue weighted by molar-refractivity contribution is 7.79. The summed E-state index contributed by atoms with van der Waals surface area (Å²) in [5, 5.41) is 27.1. The Labute approximate surface area is 92.2 Å². The number of aliphatic hydroxyl groups is 2. The van der Waals surface area contributed by atoms with E-state index in [2.05, 4.69) is 0 Å². The molecule has 0 saturated carbocycles. The fraction of sp³-hybridized carbons (Fsp3) is 0.250. The lowest BCUT2D eigenvalue weighted by molar-refractivity contribution is -0.152. The van der Waals surface area contributed by atoms with Crippen molar-refractivity contribution in [3.8, 4) is 5.75 Å². The van der Waals surface area contributed by atoms with E-state index in [1.165, 1.54) is 25.1 Å². The topological polar surface area (TPSA) is 135 Å². The van der Waals surface area contributed by atoms with Crippen molar-refractivity contribution in [1.82, 2.24) is 0 Å². The lowest BCUT2D eigenvalue weighted by Gasteiger charge is -2.15. The predicted octanol–water partition coefficient (Wildman–Crippen LogP) is -0.103. The van der Waals surface area contributed by atoms with Crippen LogP contribution in [0.25, 0.3) is 0 Å². The molecule has 0 unspecified atom stereocenters. The highest BCUT2D eigenvalue weighted by atomic mass is 32.3. The molecule has 0 radical (unpaired) electrons. The Bertz CT molecular complexity index is 424. The van der Waals surface area contributed by atoms with Gasteiger partial charge < -0.3 is 15.3 Å². The highest BCUT2D eigenvalue weighted by Gasteiger charge is 2.17. The summed E-state index contributed by atoms with van der Waals surface area (Å²) in [6, 6.07) is 5.85.